The second-order valence-corrected chi connectivity index (χ2v) is 4.47. The summed E-state index contributed by atoms with van der Waals surface area (Å²) in [5.74, 6) is 0. The fraction of sp³-hybridized carbons (Fsp3) is 0.429. The van der Waals surface area contributed by atoms with Gasteiger partial charge < -0.3 is 0 Å². The van der Waals surface area contributed by atoms with E-state index in [1.54, 1.807) is 11.3 Å². The third kappa shape index (κ3) is 1.74. The zero-order valence-electron chi connectivity index (χ0n) is 5.60. The molecule has 0 aliphatic heterocycles. The summed E-state index contributed by atoms with van der Waals surface area (Å²) >= 11 is 11.1. The molecule has 0 N–H and O–H groups in total. The molecule has 0 radical (unpaired) electrons. The molecule has 0 aliphatic carbocycles. The Balaban J connectivity index is 2.82. The largest absolute Gasteiger partial charge is 0.146 e. The van der Waals surface area contributed by atoms with Gasteiger partial charge in [-0.3, -0.25) is 0 Å². The van der Waals surface area contributed by atoms with Gasteiger partial charge in [0.1, 0.15) is 0 Å². The van der Waals surface area contributed by atoms with Crippen LogP contribution in [-0.2, 0) is 0 Å². The van der Waals surface area contributed by atoms with E-state index in [9.17, 15) is 0 Å². The average molecular weight is 240 g/mol. The van der Waals surface area contributed by atoms with Gasteiger partial charge in [0, 0.05) is 4.88 Å². The minimum Gasteiger partial charge on any atom is -0.146 e. The van der Waals surface area contributed by atoms with Gasteiger partial charge in [-0.15, -0.1) is 11.3 Å². The first-order valence-electron chi connectivity index (χ1n) is 3.12. The molecule has 1 aromatic rings. The van der Waals surface area contributed by atoms with Crippen LogP contribution in [0, 0.1) is 0 Å². The van der Waals surface area contributed by atoms with E-state index >= 15 is 0 Å². The third-order valence-electron chi connectivity index (χ3n) is 1.29. The summed E-state index contributed by atoms with van der Waals surface area (Å²) in [6.07, 6.45) is 1.08. The van der Waals surface area contributed by atoms with Gasteiger partial charge >= 0.3 is 0 Å². The predicted octanol–water partition coefficient (Wildman–Crippen LogP) is 4.25. The van der Waals surface area contributed by atoms with Crippen LogP contribution in [0.1, 0.15) is 23.0 Å². The first kappa shape index (κ1) is 8.57. The van der Waals surface area contributed by atoms with Crippen molar-refractivity contribution >= 4 is 38.9 Å². The molecule has 0 amide bonds. The number of rotatable bonds is 2. The Morgan fingerprint density at radius 2 is 2.50 bits per heavy atom. The quantitative estimate of drug-likeness (QED) is 0.677. The number of halogens is 2. The second-order valence-electron chi connectivity index (χ2n) is 2.01. The number of thiophene rings is 1. The van der Waals surface area contributed by atoms with Crippen molar-refractivity contribution in [2.24, 2.45) is 0 Å². The smallest absolute Gasteiger partial charge is 0.0556 e. The molecule has 0 fully saturated rings. The van der Waals surface area contributed by atoms with Gasteiger partial charge in [-0.1, -0.05) is 34.5 Å². The Labute approximate surface area is 78.3 Å². The Morgan fingerprint density at radius 3 is 2.90 bits per heavy atom. The topological polar surface area (TPSA) is 0 Å². The Bertz CT molecular complexity index is 209. The molecule has 0 aliphatic rings. The van der Waals surface area contributed by atoms with Crippen molar-refractivity contribution in [3.63, 3.8) is 0 Å². The maximum absolute atomic E-state index is 5.89. The number of hydrogen-bond donors (Lipinski definition) is 0. The summed E-state index contributed by atoms with van der Waals surface area (Å²) in [7, 11) is 0. The molecule has 0 aromatic carbocycles. The van der Waals surface area contributed by atoms with Crippen LogP contribution in [0.4, 0.5) is 0 Å². The summed E-state index contributed by atoms with van der Waals surface area (Å²) < 4.78 is 0. The van der Waals surface area contributed by atoms with Crippen LogP contribution >= 0.6 is 38.9 Å². The van der Waals surface area contributed by atoms with Crippen LogP contribution in [0.5, 0.6) is 0 Å². The van der Waals surface area contributed by atoms with Crippen LogP contribution in [-0.4, -0.2) is 0 Å². The zero-order valence-corrected chi connectivity index (χ0v) is 8.76. The molecule has 0 saturated carbocycles. The van der Waals surface area contributed by atoms with Crippen LogP contribution in [0.3, 0.4) is 0 Å². The maximum Gasteiger partial charge on any atom is 0.0556 e. The summed E-state index contributed by atoms with van der Waals surface area (Å²) in [4.78, 5) is 1.67. The van der Waals surface area contributed by atoms with Gasteiger partial charge in [-0.2, -0.15) is 0 Å². The molecule has 1 atom stereocenters. The first-order valence-corrected chi connectivity index (χ1v) is 5.30. The van der Waals surface area contributed by atoms with Gasteiger partial charge in [-0.05, 0) is 17.9 Å². The lowest BCUT2D eigenvalue weighted by Gasteiger charge is -2.02. The highest BCUT2D eigenvalue weighted by Gasteiger charge is 2.09. The molecular formula is C7H8BrClS. The van der Waals surface area contributed by atoms with Gasteiger partial charge in [0.15, 0.2) is 0 Å². The highest BCUT2D eigenvalue weighted by atomic mass is 79.9. The molecule has 0 bridgehead atoms. The van der Waals surface area contributed by atoms with E-state index < -0.39 is 0 Å². The van der Waals surface area contributed by atoms with E-state index in [4.69, 9.17) is 11.6 Å². The Kier molecular flexibility index (Phi) is 3.21. The highest BCUT2D eigenvalue weighted by Crippen LogP contribution is 2.35. The minimum atomic E-state index is 0.431. The van der Waals surface area contributed by atoms with Crippen molar-refractivity contribution in [1.29, 1.82) is 0 Å². The Hall–Kier alpha value is 0.470. The first-order chi connectivity index (χ1) is 4.75. The molecule has 0 nitrogen and oxygen atoms in total. The lowest BCUT2D eigenvalue weighted by Crippen LogP contribution is -1.81. The molecule has 56 valence electrons. The van der Waals surface area contributed by atoms with Gasteiger partial charge in [0.25, 0.3) is 0 Å². The molecule has 1 rings (SSSR count). The summed E-state index contributed by atoms with van der Waals surface area (Å²) in [6, 6.07) is 1.94. The van der Waals surface area contributed by atoms with Crippen LogP contribution in [0.15, 0.2) is 11.4 Å². The van der Waals surface area contributed by atoms with E-state index in [2.05, 4.69) is 22.9 Å². The molecule has 3 heteroatoms. The van der Waals surface area contributed by atoms with Gasteiger partial charge in [0.2, 0.25) is 0 Å². The van der Waals surface area contributed by atoms with Crippen molar-refractivity contribution in [3.8, 4) is 0 Å². The summed E-state index contributed by atoms with van der Waals surface area (Å²) in [6.45, 7) is 2.13. The third-order valence-corrected chi connectivity index (χ3v) is 4.17. The van der Waals surface area contributed by atoms with Crippen molar-refractivity contribution in [1.82, 2.24) is 0 Å². The van der Waals surface area contributed by atoms with Crippen molar-refractivity contribution in [2.45, 2.75) is 18.2 Å². The van der Waals surface area contributed by atoms with E-state index in [1.165, 1.54) is 4.88 Å². The minimum absolute atomic E-state index is 0.431. The number of alkyl halides is 1. The molecule has 1 heterocycles. The van der Waals surface area contributed by atoms with Gasteiger partial charge in [-0.25, -0.2) is 0 Å². The molecule has 10 heavy (non-hydrogen) atoms. The van der Waals surface area contributed by atoms with Crippen LogP contribution < -0.4 is 0 Å². The molecule has 0 spiro atoms. The van der Waals surface area contributed by atoms with E-state index in [0.29, 0.717) is 4.83 Å². The second kappa shape index (κ2) is 3.74. The summed E-state index contributed by atoms with van der Waals surface area (Å²) in [5.41, 5.74) is 0. The van der Waals surface area contributed by atoms with Crippen LogP contribution in [0.2, 0.25) is 5.02 Å². The monoisotopic (exact) mass is 238 g/mol. The SMILES string of the molecule is CCC(Br)c1sccc1Cl. The van der Waals surface area contributed by atoms with Crippen molar-refractivity contribution < 1.29 is 0 Å². The maximum atomic E-state index is 5.89. The van der Waals surface area contributed by atoms with Crippen LogP contribution in [0.25, 0.3) is 0 Å². The molecule has 0 saturated heterocycles. The standard InChI is InChI=1S/C7H8BrClS/c1-2-5(8)7-6(9)3-4-10-7/h3-5H,2H2,1H3. The molecular weight excluding hydrogens is 232 g/mol. The molecule has 1 unspecified atom stereocenters. The fourth-order valence-electron chi connectivity index (χ4n) is 0.714. The zero-order chi connectivity index (χ0) is 7.56. The van der Waals surface area contributed by atoms with E-state index in [1.807, 2.05) is 11.4 Å². The summed E-state index contributed by atoms with van der Waals surface area (Å²) in [5, 5.41) is 2.90. The number of hydrogen-bond acceptors (Lipinski definition) is 1. The predicted molar refractivity (Wildman–Crippen MR) is 51.3 cm³/mol. The van der Waals surface area contributed by atoms with E-state index in [0.717, 1.165) is 11.4 Å². The molecule has 1 aromatic heterocycles. The highest BCUT2D eigenvalue weighted by molar-refractivity contribution is 9.09. The van der Waals surface area contributed by atoms with E-state index in [-0.39, 0.29) is 0 Å². The normalized spacial score (nSPS) is 13.5. The average Bonchev–Trinajstić information content (AvgIpc) is 2.34. The lowest BCUT2D eigenvalue weighted by atomic mass is 10.3. The van der Waals surface area contributed by atoms with Crippen molar-refractivity contribution in [2.75, 3.05) is 0 Å². The lowest BCUT2D eigenvalue weighted by molar-refractivity contribution is 0.929. The van der Waals surface area contributed by atoms with Crippen molar-refractivity contribution in [3.05, 3.63) is 21.3 Å². The fourth-order valence-corrected chi connectivity index (χ4v) is 2.67. The Morgan fingerprint density at radius 1 is 1.80 bits per heavy atom. The van der Waals surface area contributed by atoms with Gasteiger partial charge in [0.05, 0.1) is 9.85 Å².